The molecule has 0 aliphatic heterocycles. The zero-order valence-electron chi connectivity index (χ0n) is 16.9. The van der Waals surface area contributed by atoms with E-state index in [9.17, 15) is 13.2 Å². The van der Waals surface area contributed by atoms with Gasteiger partial charge in [0, 0.05) is 29.9 Å². The van der Waals surface area contributed by atoms with Gasteiger partial charge in [-0.25, -0.2) is 19.7 Å². The Kier molecular flexibility index (Phi) is 6.88. The molecular weight excluding hydrogens is 433 g/mol. The maximum atomic E-state index is 10.6. The summed E-state index contributed by atoms with van der Waals surface area (Å²) in [6.07, 6.45) is 3.54. The highest BCUT2D eigenvalue weighted by Crippen LogP contribution is 2.27. The van der Waals surface area contributed by atoms with E-state index in [0.29, 0.717) is 12.5 Å². The van der Waals surface area contributed by atoms with E-state index in [4.69, 9.17) is 14.9 Å². The summed E-state index contributed by atoms with van der Waals surface area (Å²) < 4.78 is 33.5. The third kappa shape index (κ3) is 6.00. The molecule has 0 atom stereocenters. The fourth-order valence-corrected chi connectivity index (χ4v) is 4.18. The number of carboxylic acids is 1. The smallest absolute Gasteiger partial charge is 0.475 e. The second-order valence-electron chi connectivity index (χ2n) is 6.91. The molecule has 3 aromatic heterocycles. The zero-order valence-corrected chi connectivity index (χ0v) is 17.7. The number of aliphatic carboxylic acids is 1. The lowest BCUT2D eigenvalue weighted by atomic mass is 10.0. The first-order valence-electron chi connectivity index (χ1n) is 9.48. The summed E-state index contributed by atoms with van der Waals surface area (Å²) in [7, 11) is 1.92. The lowest BCUT2D eigenvalue weighted by Crippen LogP contribution is -2.21. The molecule has 0 unspecified atom stereocenters. The number of nitrogens with zero attached hydrogens (tertiary/aromatic N) is 5. The quantitative estimate of drug-likeness (QED) is 0.618. The van der Waals surface area contributed by atoms with Crippen LogP contribution < -0.4 is 5.32 Å². The molecular formula is C19H21F3N6O2S. The van der Waals surface area contributed by atoms with Crippen LogP contribution in [0.1, 0.15) is 34.1 Å². The van der Waals surface area contributed by atoms with Crippen molar-refractivity contribution in [2.24, 2.45) is 7.05 Å². The van der Waals surface area contributed by atoms with Crippen LogP contribution in [0.2, 0.25) is 0 Å². The number of hydrogen-bond donors (Lipinski definition) is 2. The fourth-order valence-electron chi connectivity index (χ4n) is 3.08. The normalized spacial score (nSPS) is 13.2. The maximum Gasteiger partial charge on any atom is 0.490 e. The molecule has 0 radical (unpaired) electrons. The molecule has 0 spiro atoms. The first kappa shape index (κ1) is 22.7. The largest absolute Gasteiger partial charge is 0.490 e. The predicted octanol–water partition coefficient (Wildman–Crippen LogP) is 3.77. The Bertz CT molecular complexity index is 1040. The van der Waals surface area contributed by atoms with Crippen molar-refractivity contribution >= 4 is 23.3 Å². The zero-order chi connectivity index (χ0) is 22.6. The van der Waals surface area contributed by atoms with Gasteiger partial charge < -0.3 is 10.4 Å². The Morgan fingerprint density at radius 3 is 2.61 bits per heavy atom. The predicted molar refractivity (Wildman–Crippen MR) is 109 cm³/mol. The number of halogens is 3. The van der Waals surface area contributed by atoms with E-state index >= 15 is 0 Å². The SMILES string of the molecule is Cc1nn(C)cc1-c1ccnc(NCc2nc3c(s2)CCCC3)n1.O=C(O)C(F)(F)F. The summed E-state index contributed by atoms with van der Waals surface area (Å²) in [5, 5.41) is 15.9. The van der Waals surface area contributed by atoms with Crippen molar-refractivity contribution in [3.05, 3.63) is 39.7 Å². The number of alkyl halides is 3. The second kappa shape index (κ2) is 9.41. The number of anilines is 1. The minimum absolute atomic E-state index is 0.629. The number of fused-ring (bicyclic) bond motifs is 1. The molecule has 0 aromatic carbocycles. The number of aromatic nitrogens is 5. The van der Waals surface area contributed by atoms with Crippen molar-refractivity contribution < 1.29 is 23.1 Å². The summed E-state index contributed by atoms with van der Waals surface area (Å²) in [4.78, 5) is 24.0. The number of aryl methyl sites for hydroxylation is 4. The van der Waals surface area contributed by atoms with Crippen molar-refractivity contribution in [1.29, 1.82) is 0 Å². The van der Waals surface area contributed by atoms with Crippen LogP contribution in [-0.4, -0.2) is 42.0 Å². The Morgan fingerprint density at radius 1 is 1.29 bits per heavy atom. The third-order valence-electron chi connectivity index (χ3n) is 4.48. The molecule has 1 aliphatic rings. The third-order valence-corrected chi connectivity index (χ3v) is 5.63. The van der Waals surface area contributed by atoms with Crippen LogP contribution in [0.15, 0.2) is 18.5 Å². The summed E-state index contributed by atoms with van der Waals surface area (Å²) in [6, 6.07) is 1.91. The monoisotopic (exact) mass is 454 g/mol. The van der Waals surface area contributed by atoms with Gasteiger partial charge in [-0.3, -0.25) is 4.68 Å². The highest BCUT2D eigenvalue weighted by molar-refractivity contribution is 7.11. The molecule has 8 nitrogen and oxygen atoms in total. The van der Waals surface area contributed by atoms with Gasteiger partial charge in [0.1, 0.15) is 5.01 Å². The van der Waals surface area contributed by atoms with Gasteiger partial charge in [0.15, 0.2) is 0 Å². The summed E-state index contributed by atoms with van der Waals surface area (Å²) >= 11 is 1.82. The van der Waals surface area contributed by atoms with Gasteiger partial charge in [-0.05, 0) is 38.7 Å². The van der Waals surface area contributed by atoms with E-state index in [0.717, 1.165) is 28.4 Å². The van der Waals surface area contributed by atoms with Gasteiger partial charge >= 0.3 is 12.1 Å². The number of hydrogen-bond acceptors (Lipinski definition) is 7. The number of nitrogens with one attached hydrogen (secondary N) is 1. The molecule has 0 amide bonds. The molecule has 4 rings (SSSR count). The topological polar surface area (TPSA) is 106 Å². The minimum atomic E-state index is -5.08. The molecule has 31 heavy (non-hydrogen) atoms. The van der Waals surface area contributed by atoms with Crippen molar-refractivity contribution in [1.82, 2.24) is 24.7 Å². The van der Waals surface area contributed by atoms with Crippen LogP contribution >= 0.6 is 11.3 Å². The van der Waals surface area contributed by atoms with Crippen molar-refractivity contribution in [2.45, 2.75) is 45.3 Å². The van der Waals surface area contributed by atoms with Gasteiger partial charge in [0.25, 0.3) is 0 Å². The summed E-state index contributed by atoms with van der Waals surface area (Å²) in [6.45, 7) is 2.66. The highest BCUT2D eigenvalue weighted by atomic mass is 32.1. The lowest BCUT2D eigenvalue weighted by molar-refractivity contribution is -0.192. The van der Waals surface area contributed by atoms with E-state index < -0.39 is 12.1 Å². The Balaban J connectivity index is 0.000000339. The molecule has 0 bridgehead atoms. The van der Waals surface area contributed by atoms with E-state index in [1.54, 1.807) is 10.9 Å². The van der Waals surface area contributed by atoms with Crippen LogP contribution in [0.4, 0.5) is 19.1 Å². The first-order valence-corrected chi connectivity index (χ1v) is 10.3. The first-order chi connectivity index (χ1) is 14.6. The molecule has 0 saturated carbocycles. The molecule has 12 heteroatoms. The standard InChI is InChI=1S/C17H20N6S.C2HF3O2/c1-11-12(10-23(2)22-11)13-7-8-18-17(21-13)19-9-16-20-14-5-3-4-6-15(14)24-16;3-2(4,5)1(6)7/h7-8,10H,3-6,9H2,1-2H3,(H,18,19,21);(H,6,7). The van der Waals surface area contributed by atoms with Crippen LogP contribution in [0.3, 0.4) is 0 Å². The van der Waals surface area contributed by atoms with Gasteiger partial charge in [-0.15, -0.1) is 11.3 Å². The van der Waals surface area contributed by atoms with Gasteiger partial charge in [0.05, 0.1) is 23.6 Å². The molecule has 3 aromatic rings. The molecule has 0 fully saturated rings. The van der Waals surface area contributed by atoms with E-state index in [-0.39, 0.29) is 0 Å². The molecule has 3 heterocycles. The maximum absolute atomic E-state index is 10.6. The summed E-state index contributed by atoms with van der Waals surface area (Å²) in [5.41, 5.74) is 4.18. The van der Waals surface area contributed by atoms with Gasteiger partial charge in [0.2, 0.25) is 5.95 Å². The number of carbonyl (C=O) groups is 1. The second-order valence-corrected chi connectivity index (χ2v) is 8.08. The summed E-state index contributed by atoms with van der Waals surface area (Å²) in [5.74, 6) is -2.13. The van der Waals surface area contributed by atoms with Crippen LogP contribution in [0.25, 0.3) is 11.3 Å². The van der Waals surface area contributed by atoms with Crippen LogP contribution in [0.5, 0.6) is 0 Å². The lowest BCUT2D eigenvalue weighted by Gasteiger charge is -2.06. The van der Waals surface area contributed by atoms with Crippen LogP contribution in [-0.2, 0) is 31.2 Å². The fraction of sp³-hybridized carbons (Fsp3) is 0.421. The minimum Gasteiger partial charge on any atom is -0.475 e. The average molecular weight is 454 g/mol. The van der Waals surface area contributed by atoms with Crippen LogP contribution in [0, 0.1) is 6.92 Å². The number of rotatable bonds is 4. The average Bonchev–Trinajstić information content (AvgIpc) is 3.28. The highest BCUT2D eigenvalue weighted by Gasteiger charge is 2.38. The Morgan fingerprint density at radius 2 is 2.00 bits per heavy atom. The molecule has 166 valence electrons. The van der Waals surface area contributed by atoms with Crippen molar-refractivity contribution in [2.75, 3.05) is 5.32 Å². The number of thiazole rings is 1. The van der Waals surface area contributed by atoms with Crippen molar-refractivity contribution in [3.63, 3.8) is 0 Å². The van der Waals surface area contributed by atoms with Crippen molar-refractivity contribution in [3.8, 4) is 11.3 Å². The molecule has 1 aliphatic carbocycles. The number of carboxylic acid groups (broad SMARTS) is 1. The van der Waals surface area contributed by atoms with Gasteiger partial charge in [-0.2, -0.15) is 18.3 Å². The van der Waals surface area contributed by atoms with E-state index in [2.05, 4.69) is 20.4 Å². The Labute approximate surface area is 180 Å². The van der Waals surface area contributed by atoms with Gasteiger partial charge in [-0.1, -0.05) is 0 Å². The van der Waals surface area contributed by atoms with E-state index in [1.165, 1.54) is 29.8 Å². The Hall–Kier alpha value is -3.02. The molecule has 0 saturated heterocycles. The molecule has 2 N–H and O–H groups in total. The van der Waals surface area contributed by atoms with E-state index in [1.807, 2.05) is 37.6 Å².